The highest BCUT2D eigenvalue weighted by Gasteiger charge is 2.13. The van der Waals surface area contributed by atoms with E-state index in [4.69, 9.17) is 21.3 Å². The number of halogens is 2. The van der Waals surface area contributed by atoms with Crippen molar-refractivity contribution in [1.29, 1.82) is 0 Å². The van der Waals surface area contributed by atoms with Gasteiger partial charge < -0.3 is 4.74 Å². The number of ether oxygens (including phenoxy) is 1. The van der Waals surface area contributed by atoms with Crippen LogP contribution in [0.4, 0.5) is 0 Å². The van der Waals surface area contributed by atoms with Gasteiger partial charge in [0.05, 0.1) is 23.2 Å². The molecule has 0 saturated carbocycles. The van der Waals surface area contributed by atoms with Gasteiger partial charge in [-0.2, -0.15) is 0 Å². The molecule has 0 unspecified atom stereocenters. The highest BCUT2D eigenvalue weighted by molar-refractivity contribution is 9.10. The zero-order valence-electron chi connectivity index (χ0n) is 15.2. The first-order chi connectivity index (χ1) is 14.1. The monoisotopic (exact) mass is 486 g/mol. The van der Waals surface area contributed by atoms with Crippen LogP contribution in [0, 0.1) is 0 Å². The van der Waals surface area contributed by atoms with Gasteiger partial charge in [0.1, 0.15) is 5.75 Å². The largest absolute Gasteiger partial charge is 0.493 e. The van der Waals surface area contributed by atoms with Crippen LogP contribution in [0.25, 0.3) is 16.6 Å². The van der Waals surface area contributed by atoms with E-state index in [1.807, 2.05) is 54.6 Å². The molecular weight excluding hydrogens is 472 g/mol. The van der Waals surface area contributed by atoms with Crippen LogP contribution in [-0.2, 0) is 0 Å². The summed E-state index contributed by atoms with van der Waals surface area (Å²) in [5.41, 5.74) is 1.31. The van der Waals surface area contributed by atoms with Crippen LogP contribution in [0.15, 0.2) is 87.2 Å². The Labute approximate surface area is 185 Å². The topological polar surface area (TPSA) is 44.1 Å². The van der Waals surface area contributed by atoms with Crippen molar-refractivity contribution in [2.24, 2.45) is 0 Å². The van der Waals surface area contributed by atoms with Gasteiger partial charge in [0.2, 0.25) is 0 Å². The summed E-state index contributed by atoms with van der Waals surface area (Å²) in [5, 5.41) is 1.82. The molecule has 0 spiro atoms. The first-order valence-electron chi connectivity index (χ1n) is 8.91. The molecule has 0 N–H and O–H groups in total. The van der Waals surface area contributed by atoms with Crippen LogP contribution >= 0.6 is 39.3 Å². The second-order valence-electron chi connectivity index (χ2n) is 6.18. The average molecular weight is 488 g/mol. The third-order valence-corrected chi connectivity index (χ3v) is 5.91. The predicted molar refractivity (Wildman–Crippen MR) is 123 cm³/mol. The van der Waals surface area contributed by atoms with E-state index >= 15 is 0 Å². The third-order valence-electron chi connectivity index (χ3n) is 4.23. The third kappa shape index (κ3) is 4.66. The molecule has 0 atom stereocenters. The fourth-order valence-electron chi connectivity index (χ4n) is 2.85. The molecule has 0 fully saturated rings. The number of para-hydroxylation sites is 1. The van der Waals surface area contributed by atoms with Crippen LogP contribution < -0.4 is 10.3 Å². The molecule has 7 heteroatoms. The molecule has 146 valence electrons. The summed E-state index contributed by atoms with van der Waals surface area (Å²) in [4.78, 5) is 17.9. The maximum absolute atomic E-state index is 13.2. The molecule has 0 aliphatic rings. The molecule has 0 bridgehead atoms. The molecule has 0 aliphatic heterocycles. The SMILES string of the molecule is O=c1c2ccccc2nc(SCCOc2ccc(Br)cc2)n1-c1ccc(Cl)cc1. The molecule has 4 nitrogen and oxygen atoms in total. The minimum atomic E-state index is -0.103. The lowest BCUT2D eigenvalue weighted by Gasteiger charge is -2.13. The van der Waals surface area contributed by atoms with Crippen molar-refractivity contribution < 1.29 is 4.74 Å². The Balaban J connectivity index is 1.61. The Morgan fingerprint density at radius 1 is 1.00 bits per heavy atom. The van der Waals surface area contributed by atoms with E-state index in [0.29, 0.717) is 33.4 Å². The first-order valence-corrected chi connectivity index (χ1v) is 11.1. The van der Waals surface area contributed by atoms with Gasteiger partial charge >= 0.3 is 0 Å². The normalized spacial score (nSPS) is 11.0. The molecule has 1 aromatic heterocycles. The number of rotatable bonds is 6. The first kappa shape index (κ1) is 20.0. The highest BCUT2D eigenvalue weighted by Crippen LogP contribution is 2.23. The van der Waals surface area contributed by atoms with E-state index in [1.54, 1.807) is 22.8 Å². The molecular formula is C22H16BrClN2O2S. The van der Waals surface area contributed by atoms with Gasteiger partial charge in [-0.15, -0.1) is 0 Å². The number of thioether (sulfide) groups is 1. The van der Waals surface area contributed by atoms with Crippen molar-refractivity contribution in [3.8, 4) is 11.4 Å². The quantitative estimate of drug-likeness (QED) is 0.191. The Kier molecular flexibility index (Phi) is 6.23. The summed E-state index contributed by atoms with van der Waals surface area (Å²) < 4.78 is 8.42. The standard InChI is InChI=1S/C22H16BrClN2O2S/c23-15-5-11-18(12-6-15)28-13-14-29-22-25-20-4-2-1-3-19(20)21(27)26(22)17-9-7-16(24)8-10-17/h1-12H,13-14H2. The van der Waals surface area contributed by atoms with E-state index in [0.717, 1.165) is 15.9 Å². The molecule has 0 saturated heterocycles. The summed E-state index contributed by atoms with van der Waals surface area (Å²) in [6.07, 6.45) is 0. The Morgan fingerprint density at radius 3 is 2.48 bits per heavy atom. The van der Waals surface area contributed by atoms with Crippen LogP contribution in [0.5, 0.6) is 5.75 Å². The Bertz CT molecular complexity index is 1190. The second kappa shape index (κ2) is 9.03. The summed E-state index contributed by atoms with van der Waals surface area (Å²) in [7, 11) is 0. The Hall–Kier alpha value is -2.28. The molecule has 1 heterocycles. The van der Waals surface area contributed by atoms with Crippen LogP contribution in [0.2, 0.25) is 5.02 Å². The van der Waals surface area contributed by atoms with Gasteiger partial charge in [-0.3, -0.25) is 9.36 Å². The van der Waals surface area contributed by atoms with Crippen molar-refractivity contribution in [2.75, 3.05) is 12.4 Å². The molecule has 3 aromatic carbocycles. The number of hydrogen-bond acceptors (Lipinski definition) is 4. The predicted octanol–water partition coefficient (Wildman–Crippen LogP) is 5.97. The van der Waals surface area contributed by atoms with E-state index in [-0.39, 0.29) is 5.56 Å². The summed E-state index contributed by atoms with van der Waals surface area (Å²) in [6, 6.07) is 22.2. The average Bonchev–Trinajstić information content (AvgIpc) is 2.74. The van der Waals surface area contributed by atoms with Gasteiger partial charge in [0.25, 0.3) is 5.56 Å². The van der Waals surface area contributed by atoms with Crippen molar-refractivity contribution in [1.82, 2.24) is 9.55 Å². The van der Waals surface area contributed by atoms with Crippen molar-refractivity contribution in [3.63, 3.8) is 0 Å². The van der Waals surface area contributed by atoms with Crippen LogP contribution in [0.3, 0.4) is 0 Å². The molecule has 4 aromatic rings. The number of hydrogen-bond donors (Lipinski definition) is 0. The summed E-state index contributed by atoms with van der Waals surface area (Å²) in [6.45, 7) is 0.496. The van der Waals surface area contributed by atoms with E-state index in [9.17, 15) is 4.79 Å². The highest BCUT2D eigenvalue weighted by atomic mass is 79.9. The molecule has 0 radical (unpaired) electrons. The zero-order chi connectivity index (χ0) is 20.2. The zero-order valence-corrected chi connectivity index (χ0v) is 18.4. The second-order valence-corrected chi connectivity index (χ2v) is 8.59. The maximum atomic E-state index is 13.2. The maximum Gasteiger partial charge on any atom is 0.266 e. The van der Waals surface area contributed by atoms with Crippen molar-refractivity contribution in [2.45, 2.75) is 5.16 Å². The molecule has 0 aliphatic carbocycles. The van der Waals surface area contributed by atoms with Gasteiger partial charge in [0, 0.05) is 15.2 Å². The minimum absolute atomic E-state index is 0.103. The molecule has 29 heavy (non-hydrogen) atoms. The van der Waals surface area contributed by atoms with Gasteiger partial charge in [-0.1, -0.05) is 51.4 Å². The minimum Gasteiger partial charge on any atom is -0.493 e. The molecule has 0 amide bonds. The fourth-order valence-corrected chi connectivity index (χ4v) is 4.07. The molecule has 4 rings (SSSR count). The van der Waals surface area contributed by atoms with E-state index in [1.165, 1.54) is 11.8 Å². The van der Waals surface area contributed by atoms with Gasteiger partial charge in [-0.05, 0) is 60.7 Å². The number of benzene rings is 3. The lowest BCUT2D eigenvalue weighted by Crippen LogP contribution is -2.22. The summed E-state index contributed by atoms with van der Waals surface area (Å²) >= 11 is 10.9. The van der Waals surface area contributed by atoms with Crippen molar-refractivity contribution in [3.05, 3.63) is 92.6 Å². The van der Waals surface area contributed by atoms with E-state index < -0.39 is 0 Å². The number of fused-ring (bicyclic) bond motifs is 1. The van der Waals surface area contributed by atoms with Crippen LogP contribution in [0.1, 0.15) is 0 Å². The van der Waals surface area contributed by atoms with Gasteiger partial charge in [0.15, 0.2) is 5.16 Å². The van der Waals surface area contributed by atoms with Crippen molar-refractivity contribution >= 4 is 50.2 Å². The number of aromatic nitrogens is 2. The van der Waals surface area contributed by atoms with Crippen LogP contribution in [-0.4, -0.2) is 21.9 Å². The Morgan fingerprint density at radius 2 is 1.72 bits per heavy atom. The summed E-state index contributed by atoms with van der Waals surface area (Å²) in [5.74, 6) is 1.45. The van der Waals surface area contributed by atoms with Gasteiger partial charge in [-0.25, -0.2) is 4.98 Å². The van der Waals surface area contributed by atoms with E-state index in [2.05, 4.69) is 15.9 Å². The lowest BCUT2D eigenvalue weighted by atomic mass is 10.2. The fraction of sp³-hybridized carbons (Fsp3) is 0.0909. The lowest BCUT2D eigenvalue weighted by molar-refractivity contribution is 0.344. The number of nitrogens with zero attached hydrogens (tertiary/aromatic N) is 2. The smallest absolute Gasteiger partial charge is 0.266 e.